The fourth-order valence-corrected chi connectivity index (χ4v) is 3.41. The molecule has 2 aromatic carbocycles. The quantitative estimate of drug-likeness (QED) is 0.596. The SMILES string of the molecule is O=C(/C=C/c1ccc(Cl)cc1)NC(=S)N1CCN(c2cccc(Cl)c2)CC1. The van der Waals surface area contributed by atoms with Gasteiger partial charge in [0.15, 0.2) is 5.11 Å². The summed E-state index contributed by atoms with van der Waals surface area (Å²) in [6.07, 6.45) is 3.20. The molecule has 0 saturated carbocycles. The highest BCUT2D eigenvalue weighted by atomic mass is 35.5. The second-order valence-electron chi connectivity index (χ2n) is 6.13. The van der Waals surface area contributed by atoms with Crippen LogP contribution in [0.25, 0.3) is 6.08 Å². The van der Waals surface area contributed by atoms with Crippen LogP contribution in [0.1, 0.15) is 5.56 Å². The van der Waals surface area contributed by atoms with Gasteiger partial charge in [-0.05, 0) is 54.2 Å². The number of halogens is 2. The zero-order valence-corrected chi connectivity index (χ0v) is 16.9. The Kier molecular flexibility index (Phi) is 6.72. The fraction of sp³-hybridized carbons (Fsp3) is 0.200. The van der Waals surface area contributed by atoms with Crippen molar-refractivity contribution < 1.29 is 4.79 Å². The number of rotatable bonds is 3. The van der Waals surface area contributed by atoms with Crippen molar-refractivity contribution in [1.29, 1.82) is 0 Å². The first kappa shape index (κ1) is 19.7. The van der Waals surface area contributed by atoms with Crippen molar-refractivity contribution in [3.8, 4) is 0 Å². The predicted molar refractivity (Wildman–Crippen MR) is 116 cm³/mol. The van der Waals surface area contributed by atoms with Gasteiger partial charge in [-0.1, -0.05) is 41.4 Å². The number of hydrogen-bond donors (Lipinski definition) is 1. The summed E-state index contributed by atoms with van der Waals surface area (Å²) >= 11 is 17.3. The van der Waals surface area contributed by atoms with Crippen molar-refractivity contribution >= 4 is 58.2 Å². The molecule has 3 rings (SSSR count). The van der Waals surface area contributed by atoms with Crippen molar-refractivity contribution in [1.82, 2.24) is 10.2 Å². The van der Waals surface area contributed by atoms with E-state index in [2.05, 4.69) is 10.2 Å². The van der Waals surface area contributed by atoms with Gasteiger partial charge in [-0.2, -0.15) is 0 Å². The van der Waals surface area contributed by atoms with Crippen LogP contribution in [0, 0.1) is 0 Å². The molecule has 4 nitrogen and oxygen atoms in total. The van der Waals surface area contributed by atoms with Gasteiger partial charge >= 0.3 is 0 Å². The Labute approximate surface area is 174 Å². The van der Waals surface area contributed by atoms with Gasteiger partial charge in [-0.15, -0.1) is 0 Å². The molecule has 0 aromatic heterocycles. The highest BCUT2D eigenvalue weighted by Gasteiger charge is 2.20. The maximum Gasteiger partial charge on any atom is 0.250 e. The van der Waals surface area contributed by atoms with Crippen LogP contribution in [0.3, 0.4) is 0 Å². The van der Waals surface area contributed by atoms with Gasteiger partial charge in [0.05, 0.1) is 0 Å². The number of carbonyl (C=O) groups is 1. The Morgan fingerprint density at radius 2 is 1.70 bits per heavy atom. The van der Waals surface area contributed by atoms with Gasteiger partial charge in [-0.25, -0.2) is 0 Å². The predicted octanol–water partition coefficient (Wildman–Crippen LogP) is 4.23. The first-order valence-corrected chi connectivity index (χ1v) is 9.72. The van der Waals surface area contributed by atoms with E-state index in [1.165, 1.54) is 6.08 Å². The molecular weight excluding hydrogens is 401 g/mol. The average Bonchev–Trinajstić information content (AvgIpc) is 2.67. The van der Waals surface area contributed by atoms with E-state index in [4.69, 9.17) is 35.4 Å². The number of hydrogen-bond acceptors (Lipinski definition) is 3. The topological polar surface area (TPSA) is 35.6 Å². The van der Waals surface area contributed by atoms with Crippen molar-refractivity contribution in [2.75, 3.05) is 31.1 Å². The second-order valence-corrected chi connectivity index (χ2v) is 7.39. The molecule has 1 fully saturated rings. The third kappa shape index (κ3) is 5.70. The summed E-state index contributed by atoms with van der Waals surface area (Å²) in [5, 5.41) is 4.60. The van der Waals surface area contributed by atoms with Crippen LogP contribution >= 0.6 is 35.4 Å². The van der Waals surface area contributed by atoms with Gasteiger partial charge in [0, 0.05) is 48.0 Å². The molecular formula is C20H19Cl2N3OS. The van der Waals surface area contributed by atoms with E-state index in [-0.39, 0.29) is 5.91 Å². The molecule has 1 aliphatic heterocycles. The van der Waals surface area contributed by atoms with E-state index in [0.717, 1.165) is 42.5 Å². The Balaban J connectivity index is 1.49. The van der Waals surface area contributed by atoms with Crippen LogP contribution in [0.4, 0.5) is 5.69 Å². The zero-order chi connectivity index (χ0) is 19.2. The second kappa shape index (κ2) is 9.22. The molecule has 0 bridgehead atoms. The molecule has 140 valence electrons. The van der Waals surface area contributed by atoms with Crippen LogP contribution in [-0.2, 0) is 4.79 Å². The first-order chi connectivity index (χ1) is 13.0. The first-order valence-electron chi connectivity index (χ1n) is 8.55. The van der Waals surface area contributed by atoms with Gasteiger partial charge in [-0.3, -0.25) is 10.1 Å². The van der Waals surface area contributed by atoms with E-state index < -0.39 is 0 Å². The van der Waals surface area contributed by atoms with Crippen molar-refractivity contribution in [3.05, 3.63) is 70.2 Å². The summed E-state index contributed by atoms with van der Waals surface area (Å²) in [4.78, 5) is 16.4. The number of piperazine rings is 1. The molecule has 0 unspecified atom stereocenters. The van der Waals surface area contributed by atoms with Crippen molar-refractivity contribution in [2.45, 2.75) is 0 Å². The highest BCUT2D eigenvalue weighted by Crippen LogP contribution is 2.20. The summed E-state index contributed by atoms with van der Waals surface area (Å²) in [5.74, 6) is -0.243. The standard InChI is InChI=1S/C20H19Cl2N3OS/c21-16-7-4-15(5-8-16)6-9-19(26)23-20(27)25-12-10-24(11-13-25)18-3-1-2-17(22)14-18/h1-9,14H,10-13H2,(H,23,26,27)/b9-6+. The molecule has 0 radical (unpaired) electrons. The summed E-state index contributed by atoms with van der Waals surface area (Å²) in [6, 6.07) is 15.1. The molecule has 1 N–H and O–H groups in total. The molecule has 0 atom stereocenters. The third-order valence-electron chi connectivity index (χ3n) is 4.27. The normalized spacial score (nSPS) is 14.4. The van der Waals surface area contributed by atoms with Gasteiger partial charge in [0.2, 0.25) is 5.91 Å². The maximum atomic E-state index is 12.1. The number of anilines is 1. The third-order valence-corrected chi connectivity index (χ3v) is 5.11. The zero-order valence-electron chi connectivity index (χ0n) is 14.6. The minimum Gasteiger partial charge on any atom is -0.368 e. The molecule has 2 aromatic rings. The maximum absolute atomic E-state index is 12.1. The van der Waals surface area contributed by atoms with Gasteiger partial charge < -0.3 is 9.80 Å². The molecule has 27 heavy (non-hydrogen) atoms. The molecule has 1 saturated heterocycles. The minimum absolute atomic E-state index is 0.243. The van der Waals surface area contributed by atoms with E-state index in [1.807, 2.05) is 41.3 Å². The van der Waals surface area contributed by atoms with Crippen LogP contribution in [-0.4, -0.2) is 42.1 Å². The Hall–Kier alpha value is -2.08. The van der Waals surface area contributed by atoms with Crippen LogP contribution in [0.15, 0.2) is 54.6 Å². The summed E-state index contributed by atoms with van der Waals surface area (Å²) in [5.41, 5.74) is 2.00. The van der Waals surface area contributed by atoms with Crippen molar-refractivity contribution in [2.24, 2.45) is 0 Å². The summed E-state index contributed by atoms with van der Waals surface area (Å²) < 4.78 is 0. The van der Waals surface area contributed by atoms with Crippen molar-refractivity contribution in [3.63, 3.8) is 0 Å². The number of nitrogens with one attached hydrogen (secondary N) is 1. The largest absolute Gasteiger partial charge is 0.368 e. The lowest BCUT2D eigenvalue weighted by molar-refractivity contribution is -0.115. The van der Waals surface area contributed by atoms with Crippen LogP contribution in [0.2, 0.25) is 10.0 Å². The summed E-state index contributed by atoms with van der Waals surface area (Å²) in [7, 11) is 0. The molecule has 0 aliphatic carbocycles. The number of nitrogens with zero attached hydrogens (tertiary/aromatic N) is 2. The lowest BCUT2D eigenvalue weighted by Gasteiger charge is -2.37. The van der Waals surface area contributed by atoms with Crippen LogP contribution < -0.4 is 10.2 Å². The van der Waals surface area contributed by atoms with E-state index in [0.29, 0.717) is 10.1 Å². The highest BCUT2D eigenvalue weighted by molar-refractivity contribution is 7.80. The number of amides is 1. The Morgan fingerprint density at radius 1 is 1.00 bits per heavy atom. The minimum atomic E-state index is -0.243. The van der Waals surface area contributed by atoms with E-state index in [9.17, 15) is 4.79 Å². The number of benzene rings is 2. The average molecular weight is 420 g/mol. The summed E-state index contributed by atoms with van der Waals surface area (Å²) in [6.45, 7) is 3.12. The van der Waals surface area contributed by atoms with E-state index >= 15 is 0 Å². The van der Waals surface area contributed by atoms with Gasteiger partial charge in [0.1, 0.15) is 0 Å². The lowest BCUT2D eigenvalue weighted by Crippen LogP contribution is -2.52. The molecule has 7 heteroatoms. The monoisotopic (exact) mass is 419 g/mol. The van der Waals surface area contributed by atoms with Crippen LogP contribution in [0.5, 0.6) is 0 Å². The van der Waals surface area contributed by atoms with Gasteiger partial charge in [0.25, 0.3) is 0 Å². The Bertz CT molecular complexity index is 847. The Morgan fingerprint density at radius 3 is 2.37 bits per heavy atom. The molecule has 0 spiro atoms. The number of carbonyl (C=O) groups excluding carboxylic acids is 1. The van der Waals surface area contributed by atoms with E-state index in [1.54, 1.807) is 18.2 Å². The smallest absolute Gasteiger partial charge is 0.250 e. The molecule has 1 heterocycles. The fourth-order valence-electron chi connectivity index (χ4n) is 2.81. The molecule has 1 aliphatic rings. The lowest BCUT2D eigenvalue weighted by atomic mass is 10.2. The molecule has 1 amide bonds. The number of thiocarbonyl (C=S) groups is 1.